The molecule has 0 saturated heterocycles. The summed E-state index contributed by atoms with van der Waals surface area (Å²) in [6.45, 7) is 0.684. The predicted octanol–water partition coefficient (Wildman–Crippen LogP) is 2.58. The van der Waals surface area contributed by atoms with E-state index in [9.17, 15) is 4.79 Å². The number of rotatable bonds is 4. The average molecular weight is 268 g/mol. The van der Waals surface area contributed by atoms with Crippen LogP contribution in [0, 0.1) is 0 Å². The number of aryl methyl sites for hydroxylation is 1. The molecule has 0 spiro atoms. The Morgan fingerprint density at radius 2 is 2.53 bits per heavy atom. The summed E-state index contributed by atoms with van der Waals surface area (Å²) < 4.78 is 0. The third-order valence-corrected chi connectivity index (χ3v) is 4.66. The molecule has 0 bridgehead atoms. The number of carbonyl (C=O) groups excluding carboxylic acids is 1. The van der Waals surface area contributed by atoms with Crippen LogP contribution in [0.4, 0.5) is 0 Å². The van der Waals surface area contributed by atoms with Gasteiger partial charge < -0.3 is 5.32 Å². The molecule has 0 radical (unpaired) electrons. The van der Waals surface area contributed by atoms with E-state index in [0.717, 1.165) is 22.8 Å². The van der Waals surface area contributed by atoms with E-state index in [4.69, 9.17) is 5.53 Å². The zero-order chi connectivity index (χ0) is 12.1. The molecule has 0 fully saturated rings. The molecule has 5 nitrogen and oxygen atoms in total. The van der Waals surface area contributed by atoms with Crippen molar-refractivity contribution in [2.24, 2.45) is 5.11 Å². The van der Waals surface area contributed by atoms with Crippen molar-refractivity contribution in [3.8, 4) is 0 Å². The minimum atomic E-state index is -0.0671. The molecule has 17 heavy (non-hydrogen) atoms. The smallest absolute Gasteiger partial charge is 0.261 e. The van der Waals surface area contributed by atoms with E-state index in [1.807, 2.05) is 17.8 Å². The molecule has 0 aliphatic carbocycles. The topological polar surface area (TPSA) is 77.9 Å². The summed E-state index contributed by atoms with van der Waals surface area (Å²) in [6, 6.07) is 1.98. The summed E-state index contributed by atoms with van der Waals surface area (Å²) >= 11 is 3.49. The van der Waals surface area contributed by atoms with Crippen molar-refractivity contribution in [1.29, 1.82) is 0 Å². The van der Waals surface area contributed by atoms with Gasteiger partial charge in [0, 0.05) is 28.6 Å². The number of amides is 1. The van der Waals surface area contributed by atoms with Crippen LogP contribution in [0.1, 0.15) is 20.1 Å². The fourth-order valence-electron chi connectivity index (χ4n) is 1.61. The first-order chi connectivity index (χ1) is 8.31. The average Bonchev–Trinajstić information content (AvgIpc) is 2.78. The Balaban J connectivity index is 1.94. The Kier molecular flexibility index (Phi) is 4.30. The summed E-state index contributed by atoms with van der Waals surface area (Å²) in [5.74, 6) is 2.09. The molecule has 1 aromatic rings. The highest BCUT2D eigenvalue weighted by Gasteiger charge is 2.16. The Morgan fingerprint density at radius 1 is 1.65 bits per heavy atom. The van der Waals surface area contributed by atoms with Gasteiger partial charge in [0.05, 0.1) is 4.88 Å². The van der Waals surface area contributed by atoms with E-state index in [-0.39, 0.29) is 5.91 Å². The minimum absolute atomic E-state index is 0.0671. The fourth-order valence-corrected chi connectivity index (χ4v) is 3.90. The molecular weight excluding hydrogens is 256 g/mol. The van der Waals surface area contributed by atoms with Gasteiger partial charge in [-0.2, -0.15) is 11.8 Å². The van der Waals surface area contributed by atoms with E-state index >= 15 is 0 Å². The number of nitrogens with one attached hydrogen (secondary N) is 1. The number of fused-ring (bicyclic) bond motifs is 1. The second-order valence-corrected chi connectivity index (χ2v) is 5.81. The van der Waals surface area contributed by atoms with Gasteiger partial charge in [0.1, 0.15) is 0 Å². The molecule has 0 aromatic carbocycles. The highest BCUT2D eigenvalue weighted by Crippen LogP contribution is 2.31. The van der Waals surface area contributed by atoms with Crippen LogP contribution in [0.25, 0.3) is 10.4 Å². The van der Waals surface area contributed by atoms with Crippen LogP contribution < -0.4 is 5.32 Å². The van der Waals surface area contributed by atoms with Crippen LogP contribution in [-0.4, -0.2) is 24.7 Å². The van der Waals surface area contributed by atoms with E-state index in [1.54, 1.807) is 11.3 Å². The van der Waals surface area contributed by atoms with Crippen LogP contribution >= 0.6 is 23.1 Å². The van der Waals surface area contributed by atoms with Gasteiger partial charge in [0.2, 0.25) is 0 Å². The Labute approximate surface area is 107 Å². The number of azide groups is 1. The normalized spacial score (nSPS) is 13.6. The lowest BCUT2D eigenvalue weighted by Crippen LogP contribution is -2.25. The van der Waals surface area contributed by atoms with Gasteiger partial charge in [-0.15, -0.1) is 11.3 Å². The molecule has 0 saturated carbocycles. The zero-order valence-corrected chi connectivity index (χ0v) is 10.8. The number of hydrogen-bond acceptors (Lipinski definition) is 4. The number of carbonyl (C=O) groups is 1. The molecule has 2 heterocycles. The van der Waals surface area contributed by atoms with E-state index in [1.165, 1.54) is 10.4 Å². The van der Waals surface area contributed by atoms with Gasteiger partial charge >= 0.3 is 0 Å². The molecule has 1 amide bonds. The van der Waals surface area contributed by atoms with Crippen LogP contribution in [0.3, 0.4) is 0 Å². The Hall–Kier alpha value is -1.17. The van der Waals surface area contributed by atoms with Gasteiger partial charge in [0.15, 0.2) is 0 Å². The molecular formula is C10H12N4OS2. The van der Waals surface area contributed by atoms with Crippen LogP contribution in [0.2, 0.25) is 0 Å². The van der Waals surface area contributed by atoms with Crippen molar-refractivity contribution >= 4 is 29.0 Å². The maximum Gasteiger partial charge on any atom is 0.261 e. The third-order valence-electron chi connectivity index (χ3n) is 2.41. The van der Waals surface area contributed by atoms with Crippen LogP contribution in [0.15, 0.2) is 11.2 Å². The fraction of sp³-hybridized carbons (Fsp3) is 0.500. The number of hydrogen-bond donors (Lipinski definition) is 1. The van der Waals surface area contributed by atoms with Crippen molar-refractivity contribution in [2.75, 3.05) is 18.8 Å². The van der Waals surface area contributed by atoms with Gasteiger partial charge in [-0.25, -0.2) is 0 Å². The highest BCUT2D eigenvalue weighted by molar-refractivity contribution is 7.98. The highest BCUT2D eigenvalue weighted by atomic mass is 32.2. The van der Waals surface area contributed by atoms with Crippen molar-refractivity contribution in [3.05, 3.63) is 31.8 Å². The first-order valence-electron chi connectivity index (χ1n) is 5.29. The minimum Gasteiger partial charge on any atom is -0.351 e. The zero-order valence-electron chi connectivity index (χ0n) is 9.18. The number of thioether (sulfide) groups is 1. The van der Waals surface area contributed by atoms with Gasteiger partial charge in [-0.1, -0.05) is 5.11 Å². The summed E-state index contributed by atoms with van der Waals surface area (Å²) in [7, 11) is 0. The number of thiophene rings is 1. The maximum atomic E-state index is 11.8. The molecule has 1 aliphatic heterocycles. The monoisotopic (exact) mass is 268 g/mol. The Morgan fingerprint density at radius 3 is 3.29 bits per heavy atom. The first kappa shape index (κ1) is 12.3. The lowest BCUT2D eigenvalue weighted by Gasteiger charge is -2.08. The molecule has 7 heteroatoms. The van der Waals surface area contributed by atoms with Crippen LogP contribution in [-0.2, 0) is 12.2 Å². The summed E-state index contributed by atoms with van der Waals surface area (Å²) in [5.41, 5.74) is 9.40. The summed E-state index contributed by atoms with van der Waals surface area (Å²) in [5, 5.41) is 6.11. The third kappa shape index (κ3) is 3.15. The molecule has 2 rings (SSSR count). The molecule has 1 aromatic heterocycles. The Bertz CT molecular complexity index is 441. The lowest BCUT2D eigenvalue weighted by molar-refractivity contribution is 0.0959. The molecule has 0 unspecified atom stereocenters. The summed E-state index contributed by atoms with van der Waals surface area (Å²) in [6.07, 6.45) is 1.07. The van der Waals surface area contributed by atoms with Gasteiger partial charge in [0.25, 0.3) is 5.91 Å². The standard InChI is InChI=1S/C10H12N4OS2/c11-14-13-3-2-12-10(15)9-5-7-6-16-4-1-8(7)17-9/h5H,1-4,6H2,(H,12,15). The van der Waals surface area contributed by atoms with Crippen LogP contribution in [0.5, 0.6) is 0 Å². The second-order valence-electron chi connectivity index (χ2n) is 3.57. The molecule has 90 valence electrons. The van der Waals surface area contributed by atoms with Crippen molar-refractivity contribution in [3.63, 3.8) is 0 Å². The van der Waals surface area contributed by atoms with Crippen molar-refractivity contribution < 1.29 is 4.79 Å². The van der Waals surface area contributed by atoms with E-state index in [2.05, 4.69) is 15.3 Å². The van der Waals surface area contributed by atoms with Gasteiger partial charge in [-0.3, -0.25) is 4.79 Å². The largest absolute Gasteiger partial charge is 0.351 e. The quantitative estimate of drug-likeness (QED) is 0.394. The number of nitrogens with zero attached hydrogens (tertiary/aromatic N) is 3. The maximum absolute atomic E-state index is 11.8. The molecule has 1 N–H and O–H groups in total. The SMILES string of the molecule is [N-]=[N+]=NCCNC(=O)c1cc2c(s1)CCSC2. The van der Waals surface area contributed by atoms with Gasteiger partial charge in [-0.05, 0) is 29.3 Å². The van der Waals surface area contributed by atoms with Crippen molar-refractivity contribution in [2.45, 2.75) is 12.2 Å². The second kappa shape index (κ2) is 5.95. The van der Waals surface area contributed by atoms with Crippen molar-refractivity contribution in [1.82, 2.24) is 5.32 Å². The predicted molar refractivity (Wildman–Crippen MR) is 70.5 cm³/mol. The van der Waals surface area contributed by atoms with E-state index < -0.39 is 0 Å². The lowest BCUT2D eigenvalue weighted by atomic mass is 10.2. The van der Waals surface area contributed by atoms with E-state index in [0.29, 0.717) is 13.1 Å². The molecule has 1 aliphatic rings. The first-order valence-corrected chi connectivity index (χ1v) is 7.27. The molecule has 0 atom stereocenters. The summed E-state index contributed by atoms with van der Waals surface area (Å²) in [4.78, 5) is 16.5.